The minimum Gasteiger partial charge on any atom is -0.355 e. The molecule has 0 aliphatic carbocycles. The average molecular weight is 380 g/mol. The van der Waals surface area contributed by atoms with Gasteiger partial charge >= 0.3 is 0 Å². The molecule has 0 saturated heterocycles. The number of hydrogen-bond acceptors (Lipinski definition) is 6. The molecule has 3 rings (SSSR count). The lowest BCUT2D eigenvalue weighted by atomic mass is 10.1. The monoisotopic (exact) mass is 380 g/mol. The first-order valence-electron chi connectivity index (χ1n) is 7.74. The topological polar surface area (TPSA) is 90.0 Å². The minimum absolute atomic E-state index is 0.259. The van der Waals surface area contributed by atoms with Crippen LogP contribution in [0.1, 0.15) is 34.8 Å². The zero-order chi connectivity index (χ0) is 18.4. The molecule has 0 bridgehead atoms. The number of aromatic nitrogens is 3. The molecule has 1 N–H and O–H groups in total. The smallest absolute Gasteiger partial charge is 0.242 e. The van der Waals surface area contributed by atoms with Gasteiger partial charge in [-0.2, -0.15) is 5.10 Å². The molecular formula is C16H20N4O3S2. The third-order valence-corrected chi connectivity index (χ3v) is 7.03. The van der Waals surface area contributed by atoms with Crippen molar-refractivity contribution in [3.8, 4) is 10.6 Å². The highest BCUT2D eigenvalue weighted by atomic mass is 32.2. The predicted octanol–water partition coefficient (Wildman–Crippen LogP) is 3.10. The second-order valence-corrected chi connectivity index (χ2v) is 8.90. The normalized spacial score (nSPS) is 13.3. The number of aryl methyl sites for hydroxylation is 3. The van der Waals surface area contributed by atoms with Gasteiger partial charge in [0.05, 0.1) is 21.7 Å². The summed E-state index contributed by atoms with van der Waals surface area (Å²) < 4.78 is 35.4. The zero-order valence-corrected chi connectivity index (χ0v) is 16.3. The Morgan fingerprint density at radius 3 is 2.60 bits per heavy atom. The second-order valence-electron chi connectivity index (χ2n) is 5.96. The number of hydrogen-bond donors (Lipinski definition) is 1. The van der Waals surface area contributed by atoms with E-state index in [1.165, 1.54) is 17.5 Å². The molecule has 0 aromatic carbocycles. The largest absolute Gasteiger partial charge is 0.355 e. The number of sulfonamides is 1. The third-order valence-electron chi connectivity index (χ3n) is 4.17. The summed E-state index contributed by atoms with van der Waals surface area (Å²) in [6.45, 7) is 7.42. The van der Waals surface area contributed by atoms with E-state index in [2.05, 4.69) is 15.0 Å². The van der Waals surface area contributed by atoms with Crippen LogP contribution in [0.5, 0.6) is 0 Å². The molecule has 1 unspecified atom stereocenters. The molecule has 0 saturated carbocycles. The van der Waals surface area contributed by atoms with E-state index in [9.17, 15) is 8.42 Å². The van der Waals surface area contributed by atoms with Gasteiger partial charge in [-0.1, -0.05) is 5.16 Å². The van der Waals surface area contributed by atoms with Crippen LogP contribution in [0, 0.1) is 20.8 Å². The first-order chi connectivity index (χ1) is 11.7. The van der Waals surface area contributed by atoms with E-state index in [0.717, 1.165) is 21.8 Å². The zero-order valence-electron chi connectivity index (χ0n) is 14.7. The van der Waals surface area contributed by atoms with Gasteiger partial charge in [-0.15, -0.1) is 11.3 Å². The molecule has 0 aliphatic rings. The molecule has 0 radical (unpaired) electrons. The summed E-state index contributed by atoms with van der Waals surface area (Å²) in [7, 11) is -1.82. The maximum Gasteiger partial charge on any atom is 0.242 e. The molecule has 0 fully saturated rings. The fourth-order valence-corrected chi connectivity index (χ4v) is 5.73. The molecule has 9 heteroatoms. The molecule has 0 aliphatic heterocycles. The van der Waals surface area contributed by atoms with Gasteiger partial charge in [0.15, 0.2) is 5.76 Å². The van der Waals surface area contributed by atoms with Crippen molar-refractivity contribution in [2.45, 2.75) is 38.6 Å². The van der Waals surface area contributed by atoms with Gasteiger partial charge < -0.3 is 4.52 Å². The van der Waals surface area contributed by atoms with E-state index in [0.29, 0.717) is 10.6 Å². The van der Waals surface area contributed by atoms with Crippen molar-refractivity contribution in [3.63, 3.8) is 0 Å². The highest BCUT2D eigenvalue weighted by Crippen LogP contribution is 2.34. The Hall–Kier alpha value is -1.97. The van der Waals surface area contributed by atoms with Crippen LogP contribution in [0.15, 0.2) is 27.7 Å². The van der Waals surface area contributed by atoms with E-state index in [1.807, 2.05) is 27.8 Å². The first kappa shape index (κ1) is 17.8. The Kier molecular flexibility index (Phi) is 4.56. The van der Waals surface area contributed by atoms with Crippen LogP contribution in [-0.2, 0) is 17.1 Å². The maximum atomic E-state index is 12.9. The van der Waals surface area contributed by atoms with E-state index in [1.54, 1.807) is 23.7 Å². The van der Waals surface area contributed by atoms with Gasteiger partial charge in [-0.25, -0.2) is 13.1 Å². The van der Waals surface area contributed by atoms with Crippen molar-refractivity contribution >= 4 is 21.4 Å². The Bertz CT molecular complexity index is 1000. The molecule has 1 atom stereocenters. The number of thiophene rings is 1. The standard InChI is InChI=1S/C16H20N4O3S2/c1-9-16(11(3)20(5)18-9)10(2)19-25(21,22)15-8-14(24-12(15)4)13-6-7-17-23-13/h6-8,10,19H,1-5H3. The fourth-order valence-electron chi connectivity index (χ4n) is 2.97. The quantitative estimate of drug-likeness (QED) is 0.734. The fraction of sp³-hybridized carbons (Fsp3) is 0.375. The molecule has 0 spiro atoms. The lowest BCUT2D eigenvalue weighted by molar-refractivity contribution is 0.433. The Morgan fingerprint density at radius 2 is 2.04 bits per heavy atom. The molecule has 3 aromatic heterocycles. The summed E-state index contributed by atoms with van der Waals surface area (Å²) in [6.07, 6.45) is 1.53. The summed E-state index contributed by atoms with van der Waals surface area (Å²) in [4.78, 5) is 1.69. The summed E-state index contributed by atoms with van der Waals surface area (Å²) >= 11 is 1.36. The summed E-state index contributed by atoms with van der Waals surface area (Å²) in [5, 5.41) is 8.02. The van der Waals surface area contributed by atoms with Crippen molar-refractivity contribution in [1.29, 1.82) is 0 Å². The lowest BCUT2D eigenvalue weighted by Gasteiger charge is -2.15. The Labute approximate surface area is 150 Å². The van der Waals surface area contributed by atoms with Crippen molar-refractivity contribution in [1.82, 2.24) is 19.7 Å². The third kappa shape index (κ3) is 3.26. The highest BCUT2D eigenvalue weighted by Gasteiger charge is 2.26. The van der Waals surface area contributed by atoms with E-state index < -0.39 is 10.0 Å². The van der Waals surface area contributed by atoms with Crippen LogP contribution in [-0.4, -0.2) is 23.4 Å². The first-order valence-corrected chi connectivity index (χ1v) is 10.0. The Balaban J connectivity index is 1.92. The number of nitrogens with zero attached hydrogens (tertiary/aromatic N) is 3. The molecule has 0 amide bonds. The SMILES string of the molecule is Cc1nn(C)c(C)c1C(C)NS(=O)(=O)c1cc(-c2ccno2)sc1C. The summed E-state index contributed by atoms with van der Waals surface area (Å²) in [5.74, 6) is 0.557. The van der Waals surface area contributed by atoms with Gasteiger partial charge in [0.2, 0.25) is 10.0 Å². The van der Waals surface area contributed by atoms with Gasteiger partial charge in [0.1, 0.15) is 0 Å². The highest BCUT2D eigenvalue weighted by molar-refractivity contribution is 7.89. The molecule has 3 aromatic rings. The maximum absolute atomic E-state index is 12.9. The van der Waals surface area contributed by atoms with Gasteiger partial charge in [-0.05, 0) is 33.8 Å². The van der Waals surface area contributed by atoms with Crippen molar-refractivity contribution < 1.29 is 12.9 Å². The summed E-state index contributed by atoms with van der Waals surface area (Å²) in [5.41, 5.74) is 2.66. The molecule has 25 heavy (non-hydrogen) atoms. The van der Waals surface area contributed by atoms with Crippen LogP contribution < -0.4 is 4.72 Å². The second kappa shape index (κ2) is 6.40. The molecule has 3 heterocycles. The van der Waals surface area contributed by atoms with Gasteiger partial charge in [0, 0.05) is 35.3 Å². The van der Waals surface area contributed by atoms with E-state index >= 15 is 0 Å². The molecule has 134 valence electrons. The van der Waals surface area contributed by atoms with E-state index in [-0.39, 0.29) is 10.9 Å². The number of nitrogens with one attached hydrogen (secondary N) is 1. The lowest BCUT2D eigenvalue weighted by Crippen LogP contribution is -2.27. The Morgan fingerprint density at radius 1 is 1.32 bits per heavy atom. The van der Waals surface area contributed by atoms with Gasteiger partial charge in [-0.3, -0.25) is 4.68 Å². The van der Waals surface area contributed by atoms with Crippen molar-refractivity contribution in [2.24, 2.45) is 7.05 Å². The number of rotatable bonds is 5. The van der Waals surface area contributed by atoms with Gasteiger partial charge in [0.25, 0.3) is 0 Å². The van der Waals surface area contributed by atoms with Crippen molar-refractivity contribution in [3.05, 3.63) is 40.2 Å². The molecular weight excluding hydrogens is 360 g/mol. The van der Waals surface area contributed by atoms with Crippen LogP contribution in [0.2, 0.25) is 0 Å². The van der Waals surface area contributed by atoms with Crippen LogP contribution in [0.3, 0.4) is 0 Å². The van der Waals surface area contributed by atoms with E-state index in [4.69, 9.17) is 4.52 Å². The average Bonchev–Trinajstić information content (AvgIpc) is 3.19. The molecule has 7 nitrogen and oxygen atoms in total. The predicted molar refractivity (Wildman–Crippen MR) is 96.0 cm³/mol. The van der Waals surface area contributed by atoms with Crippen LogP contribution in [0.4, 0.5) is 0 Å². The minimum atomic E-state index is -3.67. The summed E-state index contributed by atoms with van der Waals surface area (Å²) in [6, 6.07) is 2.95. The van der Waals surface area contributed by atoms with Crippen molar-refractivity contribution in [2.75, 3.05) is 0 Å². The van der Waals surface area contributed by atoms with Crippen LogP contribution in [0.25, 0.3) is 10.6 Å². The van der Waals surface area contributed by atoms with Crippen LogP contribution >= 0.6 is 11.3 Å².